The van der Waals surface area contributed by atoms with Gasteiger partial charge in [0.2, 0.25) is 5.76 Å². The molecule has 11 nitrogen and oxygen atoms in total. The van der Waals surface area contributed by atoms with Gasteiger partial charge in [0, 0.05) is 17.5 Å². The lowest BCUT2D eigenvalue weighted by atomic mass is 9.81. The maximum absolute atomic E-state index is 13.3. The SMILES string of the molecule is COC(=O)C1=C(C(=O)OC)N(c2cc3oc(C(=O)OC)cc3c(Cl)c2OC)C(N)=C(C#N)C1c1ccccc1. The molecule has 0 fully saturated rings. The summed E-state index contributed by atoms with van der Waals surface area (Å²) in [5.74, 6) is -4.00. The molecule has 1 atom stereocenters. The van der Waals surface area contributed by atoms with Crippen molar-refractivity contribution in [2.45, 2.75) is 5.92 Å². The summed E-state index contributed by atoms with van der Waals surface area (Å²) in [7, 11) is 4.78. The zero-order valence-electron chi connectivity index (χ0n) is 21.2. The minimum Gasteiger partial charge on any atom is -0.493 e. The first-order valence-corrected chi connectivity index (χ1v) is 11.7. The van der Waals surface area contributed by atoms with Crippen LogP contribution < -0.4 is 15.4 Å². The van der Waals surface area contributed by atoms with Crippen LogP contribution >= 0.6 is 11.6 Å². The van der Waals surface area contributed by atoms with Crippen molar-refractivity contribution < 1.29 is 37.7 Å². The third-order valence-corrected chi connectivity index (χ3v) is 6.51. The van der Waals surface area contributed by atoms with Crippen molar-refractivity contribution in [3.8, 4) is 11.8 Å². The fourth-order valence-electron chi connectivity index (χ4n) is 4.43. The van der Waals surface area contributed by atoms with Gasteiger partial charge in [-0.1, -0.05) is 41.9 Å². The van der Waals surface area contributed by atoms with Crippen LogP contribution in [0.3, 0.4) is 0 Å². The molecule has 0 aliphatic carbocycles. The molecule has 1 unspecified atom stereocenters. The standard InChI is InChI=1S/C27H22ClN3O8/c1-35-23-16(11-17-14(21(23)28)10-18(39-17)25(32)36-2)31-22(27(34)38-4)20(26(33)37-3)19(15(12-29)24(31)30)13-8-6-5-7-9-13/h5-11,19H,30H2,1-4H3. The predicted octanol–water partition coefficient (Wildman–Crippen LogP) is 3.78. The van der Waals surface area contributed by atoms with E-state index in [0.29, 0.717) is 10.9 Å². The quantitative estimate of drug-likeness (QED) is 0.351. The molecule has 1 aliphatic heterocycles. The second-order valence-corrected chi connectivity index (χ2v) is 8.47. The number of esters is 3. The van der Waals surface area contributed by atoms with Crippen molar-refractivity contribution in [1.82, 2.24) is 0 Å². The van der Waals surface area contributed by atoms with Crippen LogP contribution in [0.15, 0.2) is 69.5 Å². The Labute approximate surface area is 227 Å². The molecule has 39 heavy (non-hydrogen) atoms. The van der Waals surface area contributed by atoms with E-state index >= 15 is 0 Å². The van der Waals surface area contributed by atoms with Gasteiger partial charge in [0.05, 0.1) is 62.3 Å². The van der Waals surface area contributed by atoms with E-state index in [-0.39, 0.29) is 50.5 Å². The van der Waals surface area contributed by atoms with Gasteiger partial charge in [-0.15, -0.1) is 0 Å². The van der Waals surface area contributed by atoms with Crippen LogP contribution in [-0.4, -0.2) is 46.3 Å². The largest absolute Gasteiger partial charge is 0.493 e. The van der Waals surface area contributed by atoms with Gasteiger partial charge in [0.1, 0.15) is 17.1 Å². The number of nitriles is 1. The number of anilines is 1. The molecule has 1 aliphatic rings. The van der Waals surface area contributed by atoms with Gasteiger partial charge in [-0.05, 0) is 5.56 Å². The number of nitrogens with two attached hydrogens (primary N) is 1. The average molecular weight is 552 g/mol. The number of hydrogen-bond acceptors (Lipinski definition) is 11. The number of nitrogens with zero attached hydrogens (tertiary/aromatic N) is 2. The molecule has 12 heteroatoms. The lowest BCUT2D eigenvalue weighted by Crippen LogP contribution is -2.41. The van der Waals surface area contributed by atoms with E-state index in [9.17, 15) is 19.6 Å². The lowest BCUT2D eigenvalue weighted by molar-refractivity contribution is -0.139. The number of allylic oxidation sites excluding steroid dienone is 1. The number of ether oxygens (including phenoxy) is 4. The fraction of sp³-hybridized carbons (Fsp3) is 0.185. The van der Waals surface area contributed by atoms with Crippen molar-refractivity contribution >= 4 is 46.2 Å². The Hall–Kier alpha value is -4.95. The number of carbonyl (C=O) groups is 3. The van der Waals surface area contributed by atoms with Gasteiger partial charge in [-0.3, -0.25) is 4.90 Å². The minimum atomic E-state index is -1.06. The highest BCUT2D eigenvalue weighted by molar-refractivity contribution is 6.37. The van der Waals surface area contributed by atoms with E-state index in [1.54, 1.807) is 30.3 Å². The third kappa shape index (κ3) is 4.41. The monoisotopic (exact) mass is 551 g/mol. The van der Waals surface area contributed by atoms with E-state index in [4.69, 9.17) is 40.7 Å². The molecule has 2 aromatic carbocycles. The van der Waals surface area contributed by atoms with Crippen LogP contribution in [0.5, 0.6) is 5.75 Å². The number of halogens is 1. The minimum absolute atomic E-state index is 0.00391. The van der Waals surface area contributed by atoms with Crippen LogP contribution in [0, 0.1) is 11.3 Å². The normalized spacial score (nSPS) is 15.2. The Balaban J connectivity index is 2.13. The molecule has 2 N–H and O–H groups in total. The zero-order valence-corrected chi connectivity index (χ0v) is 22.0. The van der Waals surface area contributed by atoms with Crippen LogP contribution in [0.2, 0.25) is 5.02 Å². The van der Waals surface area contributed by atoms with Crippen molar-refractivity contribution in [1.29, 1.82) is 5.26 Å². The first-order chi connectivity index (χ1) is 18.7. The van der Waals surface area contributed by atoms with Crippen LogP contribution in [0.1, 0.15) is 22.0 Å². The second kappa shape index (κ2) is 10.8. The predicted molar refractivity (Wildman–Crippen MR) is 139 cm³/mol. The zero-order chi connectivity index (χ0) is 28.4. The summed E-state index contributed by atoms with van der Waals surface area (Å²) in [4.78, 5) is 39.8. The maximum Gasteiger partial charge on any atom is 0.373 e. The summed E-state index contributed by atoms with van der Waals surface area (Å²) < 4.78 is 26.0. The molecule has 0 saturated carbocycles. The van der Waals surface area contributed by atoms with E-state index < -0.39 is 23.8 Å². The summed E-state index contributed by atoms with van der Waals surface area (Å²) in [5.41, 5.74) is 6.62. The third-order valence-electron chi connectivity index (χ3n) is 6.14. The van der Waals surface area contributed by atoms with Gasteiger partial charge >= 0.3 is 17.9 Å². The topological polar surface area (TPSA) is 154 Å². The number of benzene rings is 2. The highest BCUT2D eigenvalue weighted by atomic mass is 35.5. The molecule has 0 saturated heterocycles. The fourth-order valence-corrected chi connectivity index (χ4v) is 4.76. The number of furan rings is 1. The molecular weight excluding hydrogens is 530 g/mol. The lowest BCUT2D eigenvalue weighted by Gasteiger charge is -2.36. The van der Waals surface area contributed by atoms with Gasteiger partial charge in [-0.2, -0.15) is 5.26 Å². The number of hydrogen-bond donors (Lipinski definition) is 1. The molecule has 0 amide bonds. The van der Waals surface area contributed by atoms with E-state index in [1.807, 2.05) is 0 Å². The maximum atomic E-state index is 13.3. The Bertz CT molecular complexity index is 1600. The summed E-state index contributed by atoms with van der Waals surface area (Å²) in [6.45, 7) is 0. The van der Waals surface area contributed by atoms with Crippen molar-refractivity contribution in [2.24, 2.45) is 5.73 Å². The van der Waals surface area contributed by atoms with Crippen LogP contribution in [0.4, 0.5) is 5.69 Å². The number of rotatable bonds is 6. The first kappa shape index (κ1) is 27.1. The summed E-state index contributed by atoms with van der Waals surface area (Å²) in [6.07, 6.45) is 0. The number of fused-ring (bicyclic) bond motifs is 1. The van der Waals surface area contributed by atoms with E-state index in [1.165, 1.54) is 26.4 Å². The van der Waals surface area contributed by atoms with E-state index in [2.05, 4.69) is 6.07 Å². The Morgan fingerprint density at radius 2 is 1.64 bits per heavy atom. The molecule has 0 bridgehead atoms. The summed E-state index contributed by atoms with van der Waals surface area (Å²) in [5, 5.41) is 10.5. The first-order valence-electron chi connectivity index (χ1n) is 11.3. The molecule has 0 spiro atoms. The summed E-state index contributed by atoms with van der Waals surface area (Å²) in [6, 6.07) is 13.4. The Kier molecular flexibility index (Phi) is 7.51. The van der Waals surface area contributed by atoms with Crippen LogP contribution in [0.25, 0.3) is 11.0 Å². The molecule has 200 valence electrons. The van der Waals surface area contributed by atoms with Gasteiger partial charge in [-0.25, -0.2) is 14.4 Å². The molecule has 3 aromatic rings. The van der Waals surface area contributed by atoms with Crippen molar-refractivity contribution in [3.63, 3.8) is 0 Å². The number of carbonyl (C=O) groups excluding carboxylic acids is 3. The second-order valence-electron chi connectivity index (χ2n) is 8.09. The number of methoxy groups -OCH3 is 4. The molecular formula is C27H22ClN3O8. The molecule has 2 heterocycles. The van der Waals surface area contributed by atoms with Gasteiger partial charge in [0.15, 0.2) is 5.75 Å². The molecule has 0 radical (unpaired) electrons. The van der Waals surface area contributed by atoms with Crippen molar-refractivity contribution in [3.05, 3.63) is 81.5 Å². The van der Waals surface area contributed by atoms with Crippen molar-refractivity contribution in [2.75, 3.05) is 33.3 Å². The smallest absolute Gasteiger partial charge is 0.373 e. The van der Waals surface area contributed by atoms with Crippen LogP contribution in [-0.2, 0) is 23.8 Å². The molecule has 4 rings (SSSR count). The van der Waals surface area contributed by atoms with Gasteiger partial charge in [0.25, 0.3) is 0 Å². The van der Waals surface area contributed by atoms with Gasteiger partial charge < -0.3 is 29.1 Å². The summed E-state index contributed by atoms with van der Waals surface area (Å²) >= 11 is 6.65. The molecule has 1 aromatic heterocycles. The highest BCUT2D eigenvalue weighted by Crippen LogP contribution is 2.49. The highest BCUT2D eigenvalue weighted by Gasteiger charge is 2.44. The van der Waals surface area contributed by atoms with E-state index in [0.717, 1.165) is 19.1 Å². The average Bonchev–Trinajstić information content (AvgIpc) is 3.40. The Morgan fingerprint density at radius 3 is 2.21 bits per heavy atom. The Morgan fingerprint density at radius 1 is 1.00 bits per heavy atom.